The number of anilines is 1. The van der Waals surface area contributed by atoms with Crippen LogP contribution in [0, 0.1) is 0 Å². The minimum Gasteiger partial charge on any atom is -0.489 e. The Balaban J connectivity index is 1.84. The second kappa shape index (κ2) is 5.77. The van der Waals surface area contributed by atoms with E-state index in [1.54, 1.807) is 5.01 Å². The summed E-state index contributed by atoms with van der Waals surface area (Å²) in [5.41, 5.74) is 1.78. The molecule has 0 amide bonds. The van der Waals surface area contributed by atoms with E-state index in [-0.39, 0.29) is 5.50 Å². The number of hydrazine groups is 1. The molecule has 2 aliphatic rings. The molecule has 1 aromatic rings. The second-order valence-electron chi connectivity index (χ2n) is 5.41. The van der Waals surface area contributed by atoms with Crippen molar-refractivity contribution in [1.29, 1.82) is 0 Å². The predicted molar refractivity (Wildman–Crippen MR) is 81.1 cm³/mol. The molecule has 2 heterocycles. The van der Waals surface area contributed by atoms with Gasteiger partial charge in [-0.3, -0.25) is 4.90 Å². The van der Waals surface area contributed by atoms with Crippen molar-refractivity contribution in [3.8, 4) is 5.75 Å². The molecule has 0 saturated carbocycles. The molecule has 6 heteroatoms. The molecule has 0 bridgehead atoms. The molecule has 0 radical (unpaired) electrons. The highest BCUT2D eigenvalue weighted by molar-refractivity contribution is 6.20. The minimum atomic E-state index is -0.162. The predicted octanol–water partition coefficient (Wildman–Crippen LogP) is 1.24. The first kappa shape index (κ1) is 13.9. The van der Waals surface area contributed by atoms with E-state index >= 15 is 0 Å². The molecule has 1 fully saturated rings. The lowest BCUT2D eigenvalue weighted by Gasteiger charge is -2.37. The maximum atomic E-state index is 6.69. The molecule has 2 aliphatic heterocycles. The number of nitrogens with two attached hydrogens (primary N) is 1. The third-order valence-electron chi connectivity index (χ3n) is 4.03. The lowest BCUT2D eigenvalue weighted by atomic mass is 10.1. The molecule has 5 nitrogen and oxygen atoms in total. The molecule has 0 spiro atoms. The molecule has 3 rings (SSSR count). The number of hydrogen-bond donors (Lipinski definition) is 1. The number of halogens is 1. The first-order chi connectivity index (χ1) is 9.66. The molecule has 0 aromatic heterocycles. The Labute approximate surface area is 124 Å². The van der Waals surface area contributed by atoms with E-state index in [1.165, 1.54) is 0 Å². The lowest BCUT2D eigenvalue weighted by molar-refractivity contribution is 0.140. The van der Waals surface area contributed by atoms with E-state index in [9.17, 15) is 0 Å². The zero-order valence-corrected chi connectivity index (χ0v) is 12.5. The van der Waals surface area contributed by atoms with Crippen LogP contribution in [0.4, 0.5) is 5.69 Å². The van der Waals surface area contributed by atoms with Gasteiger partial charge in [-0.1, -0.05) is 12.1 Å². The van der Waals surface area contributed by atoms with Crippen molar-refractivity contribution in [2.45, 2.75) is 5.50 Å². The van der Waals surface area contributed by atoms with Gasteiger partial charge in [0.15, 0.2) is 0 Å². The van der Waals surface area contributed by atoms with Gasteiger partial charge in [0.2, 0.25) is 0 Å². The summed E-state index contributed by atoms with van der Waals surface area (Å²) >= 11 is 6.69. The van der Waals surface area contributed by atoms with E-state index in [0.29, 0.717) is 13.2 Å². The normalized spacial score (nSPS) is 22.2. The molecular weight excluding hydrogens is 276 g/mol. The number of nitrogens with zero attached hydrogens (tertiary/aromatic N) is 3. The zero-order valence-electron chi connectivity index (χ0n) is 11.8. The first-order valence-corrected chi connectivity index (χ1v) is 7.45. The number of piperazine rings is 1. The number of para-hydroxylation sites is 1. The average Bonchev–Trinajstić information content (AvgIpc) is 2.47. The smallest absolute Gasteiger partial charge is 0.150 e. The van der Waals surface area contributed by atoms with Crippen molar-refractivity contribution in [3.05, 3.63) is 23.8 Å². The summed E-state index contributed by atoms with van der Waals surface area (Å²) in [5.74, 6) is 6.84. The van der Waals surface area contributed by atoms with Crippen molar-refractivity contribution < 1.29 is 4.74 Å². The quantitative estimate of drug-likeness (QED) is 0.505. The Hall–Kier alpha value is -1.01. The zero-order chi connectivity index (χ0) is 14.1. The van der Waals surface area contributed by atoms with E-state index in [4.69, 9.17) is 22.2 Å². The standard InChI is InChI=1S/C14H21ClN4O/c1-17-5-7-18(8-6-17)14(15)11-3-2-4-12-13(11)20-10-9-19(12)16/h2-4,14H,5-10,16H2,1H3. The first-order valence-electron chi connectivity index (χ1n) is 7.01. The van der Waals surface area contributed by atoms with Crippen molar-refractivity contribution >= 4 is 17.3 Å². The van der Waals surface area contributed by atoms with Crippen molar-refractivity contribution in [2.24, 2.45) is 5.84 Å². The number of fused-ring (bicyclic) bond motifs is 1. The molecule has 1 unspecified atom stereocenters. The molecule has 0 aliphatic carbocycles. The fraction of sp³-hybridized carbons (Fsp3) is 0.571. The van der Waals surface area contributed by atoms with Gasteiger partial charge in [0.05, 0.1) is 12.2 Å². The van der Waals surface area contributed by atoms with Crippen LogP contribution in [-0.2, 0) is 0 Å². The summed E-state index contributed by atoms with van der Waals surface area (Å²) in [6.45, 7) is 5.34. The Morgan fingerprint density at radius 3 is 2.70 bits per heavy atom. The Morgan fingerprint density at radius 2 is 1.95 bits per heavy atom. The number of alkyl halides is 1. The van der Waals surface area contributed by atoms with Crippen LogP contribution >= 0.6 is 11.6 Å². The maximum Gasteiger partial charge on any atom is 0.150 e. The van der Waals surface area contributed by atoms with Gasteiger partial charge in [0.1, 0.15) is 17.9 Å². The van der Waals surface area contributed by atoms with Crippen LogP contribution in [0.2, 0.25) is 0 Å². The Kier molecular flexibility index (Phi) is 4.03. The van der Waals surface area contributed by atoms with Crippen molar-refractivity contribution in [2.75, 3.05) is 51.4 Å². The summed E-state index contributed by atoms with van der Waals surface area (Å²) in [7, 11) is 2.14. The molecule has 1 aromatic carbocycles. The third-order valence-corrected chi connectivity index (χ3v) is 4.54. The third kappa shape index (κ3) is 2.59. The number of likely N-dealkylation sites (N-methyl/N-ethyl adjacent to an activating group) is 1. The van der Waals surface area contributed by atoms with E-state index in [2.05, 4.69) is 16.8 Å². The van der Waals surface area contributed by atoms with Gasteiger partial charge in [0.25, 0.3) is 0 Å². The fourth-order valence-electron chi connectivity index (χ4n) is 2.73. The van der Waals surface area contributed by atoms with Crippen molar-refractivity contribution in [3.63, 3.8) is 0 Å². The topological polar surface area (TPSA) is 45.0 Å². The highest BCUT2D eigenvalue weighted by Crippen LogP contribution is 2.40. The summed E-state index contributed by atoms with van der Waals surface area (Å²) < 4.78 is 5.81. The van der Waals surface area contributed by atoms with Crippen LogP contribution in [0.1, 0.15) is 11.1 Å². The van der Waals surface area contributed by atoms with E-state index in [1.807, 2.05) is 18.2 Å². The SMILES string of the molecule is CN1CCN(C(Cl)c2cccc3c2OCCN3N)CC1. The molecule has 1 saturated heterocycles. The second-order valence-corrected chi connectivity index (χ2v) is 5.83. The van der Waals surface area contributed by atoms with Crippen LogP contribution in [-0.4, -0.2) is 56.2 Å². The van der Waals surface area contributed by atoms with Gasteiger partial charge in [-0.25, -0.2) is 5.84 Å². The Morgan fingerprint density at radius 1 is 1.20 bits per heavy atom. The van der Waals surface area contributed by atoms with Gasteiger partial charge in [0, 0.05) is 31.7 Å². The largest absolute Gasteiger partial charge is 0.489 e. The summed E-state index contributed by atoms with van der Waals surface area (Å²) in [6, 6.07) is 6.01. The van der Waals surface area contributed by atoms with Gasteiger partial charge >= 0.3 is 0 Å². The molecule has 2 N–H and O–H groups in total. The molecule has 110 valence electrons. The summed E-state index contributed by atoms with van der Waals surface area (Å²) in [4.78, 5) is 4.61. The van der Waals surface area contributed by atoms with E-state index < -0.39 is 0 Å². The van der Waals surface area contributed by atoms with Crippen LogP contribution in [0.5, 0.6) is 5.75 Å². The van der Waals surface area contributed by atoms with Crippen LogP contribution in [0.3, 0.4) is 0 Å². The number of rotatable bonds is 2. The summed E-state index contributed by atoms with van der Waals surface area (Å²) in [5, 5.41) is 1.73. The monoisotopic (exact) mass is 296 g/mol. The number of ether oxygens (including phenoxy) is 1. The number of hydrogen-bond acceptors (Lipinski definition) is 5. The Bertz CT molecular complexity index is 476. The van der Waals surface area contributed by atoms with Gasteiger partial charge < -0.3 is 14.6 Å². The molecular formula is C14H21ClN4O. The fourth-order valence-corrected chi connectivity index (χ4v) is 3.09. The highest BCUT2D eigenvalue weighted by atomic mass is 35.5. The molecule has 20 heavy (non-hydrogen) atoms. The lowest BCUT2D eigenvalue weighted by Crippen LogP contribution is -2.45. The minimum absolute atomic E-state index is 0.162. The maximum absolute atomic E-state index is 6.69. The van der Waals surface area contributed by atoms with Crippen LogP contribution in [0.15, 0.2) is 18.2 Å². The van der Waals surface area contributed by atoms with Gasteiger partial charge in [-0.05, 0) is 13.1 Å². The van der Waals surface area contributed by atoms with Gasteiger partial charge in [-0.2, -0.15) is 0 Å². The van der Waals surface area contributed by atoms with E-state index in [0.717, 1.165) is 43.2 Å². The van der Waals surface area contributed by atoms with Gasteiger partial charge in [-0.15, -0.1) is 11.6 Å². The van der Waals surface area contributed by atoms with Crippen molar-refractivity contribution in [1.82, 2.24) is 9.80 Å². The average molecular weight is 297 g/mol. The molecule has 1 atom stereocenters. The summed E-state index contributed by atoms with van der Waals surface area (Å²) in [6.07, 6.45) is 0. The number of benzene rings is 1. The van der Waals surface area contributed by atoms with Crippen LogP contribution in [0.25, 0.3) is 0 Å². The van der Waals surface area contributed by atoms with Crippen LogP contribution < -0.4 is 15.6 Å². The highest BCUT2D eigenvalue weighted by Gasteiger charge is 2.27.